The fraction of sp³-hybridized carbons (Fsp3) is 0.222. The van der Waals surface area contributed by atoms with Crippen LogP contribution >= 0.6 is 0 Å². The smallest absolute Gasteiger partial charge is 0.550 e. The zero-order chi connectivity index (χ0) is 10.7. The molecule has 0 radical (unpaired) electrons. The van der Waals surface area contributed by atoms with Crippen molar-refractivity contribution in [3.05, 3.63) is 39.9 Å². The molecule has 1 rings (SSSR count). The second kappa shape index (κ2) is 5.85. The Kier molecular flexibility index (Phi) is 5.49. The van der Waals surface area contributed by atoms with Gasteiger partial charge in [-0.2, -0.15) is 0 Å². The van der Waals surface area contributed by atoms with Crippen molar-refractivity contribution in [1.29, 1.82) is 0 Å². The molecule has 0 fully saturated rings. The Balaban J connectivity index is 0.00000196. The summed E-state index contributed by atoms with van der Waals surface area (Å²) >= 11 is 0. The normalized spacial score (nSPS) is 11.3. The number of nitrogens with zero attached hydrogens (tertiary/aromatic N) is 1. The number of hydrogen-bond acceptors (Lipinski definition) is 4. The fourth-order valence-corrected chi connectivity index (χ4v) is 1.04. The number of non-ortho nitro benzene ring substituents is 1. The van der Waals surface area contributed by atoms with Crippen molar-refractivity contribution >= 4 is 11.7 Å². The number of carbonyl (C=O) groups is 1. The van der Waals surface area contributed by atoms with Crippen molar-refractivity contribution < 1.29 is 44.4 Å². The van der Waals surface area contributed by atoms with Gasteiger partial charge in [0.2, 0.25) is 0 Å². The molecule has 0 bridgehead atoms. The van der Waals surface area contributed by atoms with E-state index in [1.807, 2.05) is 0 Å². The molecule has 0 aliphatic carbocycles. The summed E-state index contributed by atoms with van der Waals surface area (Å²) in [6.45, 7) is 1.42. The van der Waals surface area contributed by atoms with Gasteiger partial charge in [0.25, 0.3) is 5.69 Å². The van der Waals surface area contributed by atoms with Crippen molar-refractivity contribution in [2.24, 2.45) is 0 Å². The maximum atomic E-state index is 10.5. The standard InChI is InChI=1S/C9H9NO4.Na/c1-6(9(11)12)7-3-2-4-8(5-7)10(13)14;/h2-6H,1H3,(H,11,12);/q;+1/p-1/t6-;/m0./s1. The van der Waals surface area contributed by atoms with E-state index in [2.05, 4.69) is 0 Å². The molecule has 0 heterocycles. The third-order valence-corrected chi connectivity index (χ3v) is 1.93. The monoisotopic (exact) mass is 217 g/mol. The van der Waals surface area contributed by atoms with Gasteiger partial charge >= 0.3 is 29.6 Å². The average molecular weight is 217 g/mol. The minimum atomic E-state index is -1.24. The van der Waals surface area contributed by atoms with E-state index in [0.717, 1.165) is 0 Å². The van der Waals surface area contributed by atoms with Crippen LogP contribution in [0.3, 0.4) is 0 Å². The molecule has 0 aromatic heterocycles. The molecule has 0 saturated heterocycles. The molecule has 0 N–H and O–H groups in total. The first kappa shape index (κ1) is 14.1. The Bertz CT molecular complexity index is 380. The van der Waals surface area contributed by atoms with Gasteiger partial charge in [-0.15, -0.1) is 0 Å². The van der Waals surface area contributed by atoms with E-state index in [-0.39, 0.29) is 35.2 Å². The van der Waals surface area contributed by atoms with Crippen molar-refractivity contribution in [1.82, 2.24) is 0 Å². The van der Waals surface area contributed by atoms with Gasteiger partial charge in [0.05, 0.1) is 4.92 Å². The van der Waals surface area contributed by atoms with E-state index < -0.39 is 16.8 Å². The van der Waals surface area contributed by atoms with Crippen LogP contribution in [0.5, 0.6) is 0 Å². The van der Waals surface area contributed by atoms with E-state index in [1.165, 1.54) is 31.2 Å². The number of benzene rings is 1. The van der Waals surface area contributed by atoms with Crippen molar-refractivity contribution in [3.63, 3.8) is 0 Å². The second-order valence-electron chi connectivity index (χ2n) is 2.89. The van der Waals surface area contributed by atoms with E-state index in [1.54, 1.807) is 0 Å². The van der Waals surface area contributed by atoms with Gasteiger partial charge in [-0.25, -0.2) is 0 Å². The average Bonchev–Trinajstić information content (AvgIpc) is 2.16. The van der Waals surface area contributed by atoms with Gasteiger partial charge in [-0.1, -0.05) is 19.1 Å². The number of carboxylic acid groups (broad SMARTS) is 1. The molecule has 0 amide bonds. The number of carboxylic acids is 1. The molecule has 6 heteroatoms. The Morgan fingerprint density at radius 1 is 1.47 bits per heavy atom. The van der Waals surface area contributed by atoms with Crippen LogP contribution in [0.15, 0.2) is 24.3 Å². The van der Waals surface area contributed by atoms with Crippen LogP contribution in [0.4, 0.5) is 5.69 Å². The molecule has 1 aromatic rings. The molecule has 5 nitrogen and oxygen atoms in total. The number of nitro benzene ring substituents is 1. The van der Waals surface area contributed by atoms with Crippen LogP contribution < -0.4 is 34.7 Å². The summed E-state index contributed by atoms with van der Waals surface area (Å²) in [5.41, 5.74) is 0.259. The van der Waals surface area contributed by atoms with E-state index in [0.29, 0.717) is 5.56 Å². The van der Waals surface area contributed by atoms with Crippen LogP contribution in [0.25, 0.3) is 0 Å². The molecule has 74 valence electrons. The summed E-state index contributed by atoms with van der Waals surface area (Å²) in [7, 11) is 0. The summed E-state index contributed by atoms with van der Waals surface area (Å²) in [4.78, 5) is 20.3. The zero-order valence-electron chi connectivity index (χ0n) is 8.47. The van der Waals surface area contributed by atoms with E-state index >= 15 is 0 Å². The largest absolute Gasteiger partial charge is 1.00 e. The molecule has 0 aliphatic heterocycles. The summed E-state index contributed by atoms with van der Waals surface area (Å²) in [6.07, 6.45) is 0. The number of hydrogen-bond donors (Lipinski definition) is 0. The molecular formula is C9H8NNaO4. The predicted octanol–water partition coefficient (Wildman–Crippen LogP) is -2.55. The SMILES string of the molecule is C[C@H](C(=O)[O-])c1cccc([N+](=O)[O-])c1.[Na+]. The maximum Gasteiger partial charge on any atom is 1.00 e. The van der Waals surface area contributed by atoms with Crippen molar-refractivity contribution in [3.8, 4) is 0 Å². The summed E-state index contributed by atoms with van der Waals surface area (Å²) in [5, 5.41) is 20.9. The molecule has 0 aliphatic rings. The Morgan fingerprint density at radius 2 is 2.07 bits per heavy atom. The quantitative estimate of drug-likeness (QED) is 0.317. The number of aliphatic carboxylic acids is 1. The van der Waals surface area contributed by atoms with Crippen LogP contribution in [-0.2, 0) is 4.79 Å². The van der Waals surface area contributed by atoms with Gasteiger partial charge in [-0.05, 0) is 5.56 Å². The Hall–Kier alpha value is -0.910. The number of nitro groups is 1. The van der Waals surface area contributed by atoms with Crippen LogP contribution in [0, 0.1) is 10.1 Å². The molecule has 0 spiro atoms. The molecule has 0 unspecified atom stereocenters. The first-order chi connectivity index (χ1) is 6.52. The van der Waals surface area contributed by atoms with Gasteiger partial charge in [0.15, 0.2) is 0 Å². The number of rotatable bonds is 3. The third-order valence-electron chi connectivity index (χ3n) is 1.93. The molecule has 0 saturated carbocycles. The van der Waals surface area contributed by atoms with Gasteiger partial charge in [0.1, 0.15) is 0 Å². The summed E-state index contributed by atoms with van der Waals surface area (Å²) in [6, 6.07) is 5.52. The second-order valence-corrected chi connectivity index (χ2v) is 2.89. The minimum Gasteiger partial charge on any atom is -0.550 e. The van der Waals surface area contributed by atoms with Crippen LogP contribution in [0.1, 0.15) is 18.4 Å². The summed E-state index contributed by atoms with van der Waals surface area (Å²) < 4.78 is 0. The molecule has 1 aromatic carbocycles. The summed E-state index contributed by atoms with van der Waals surface area (Å²) in [5.74, 6) is -2.08. The zero-order valence-corrected chi connectivity index (χ0v) is 10.5. The first-order valence-corrected chi connectivity index (χ1v) is 3.97. The van der Waals surface area contributed by atoms with Gasteiger partial charge in [0, 0.05) is 24.0 Å². The maximum absolute atomic E-state index is 10.5. The molecular weight excluding hydrogens is 209 g/mol. The van der Waals surface area contributed by atoms with Crippen molar-refractivity contribution in [2.45, 2.75) is 12.8 Å². The predicted molar refractivity (Wildman–Crippen MR) is 46.5 cm³/mol. The topological polar surface area (TPSA) is 83.3 Å². The van der Waals surface area contributed by atoms with E-state index in [9.17, 15) is 20.0 Å². The Morgan fingerprint density at radius 3 is 2.53 bits per heavy atom. The molecule has 15 heavy (non-hydrogen) atoms. The van der Waals surface area contributed by atoms with Crippen LogP contribution in [-0.4, -0.2) is 10.9 Å². The third kappa shape index (κ3) is 3.62. The van der Waals surface area contributed by atoms with E-state index in [4.69, 9.17) is 0 Å². The number of carbonyl (C=O) groups excluding carboxylic acids is 1. The fourth-order valence-electron chi connectivity index (χ4n) is 1.04. The van der Waals surface area contributed by atoms with Gasteiger partial charge < -0.3 is 9.90 Å². The molecule has 1 atom stereocenters. The van der Waals surface area contributed by atoms with Crippen LogP contribution in [0.2, 0.25) is 0 Å². The van der Waals surface area contributed by atoms with Crippen molar-refractivity contribution in [2.75, 3.05) is 0 Å². The first-order valence-electron chi connectivity index (χ1n) is 3.97. The van der Waals surface area contributed by atoms with Gasteiger partial charge in [-0.3, -0.25) is 10.1 Å². The Labute approximate surface area is 109 Å². The minimum absolute atomic E-state index is 0.